The summed E-state index contributed by atoms with van der Waals surface area (Å²) in [6.45, 7) is 4.45. The maximum atomic E-state index is 12.0. The second-order valence-electron chi connectivity index (χ2n) is 3.99. The average molecular weight is 303 g/mol. The monoisotopic (exact) mass is 302 g/mol. The number of rotatable bonds is 2. The first-order valence-electron chi connectivity index (χ1n) is 5.43. The zero-order valence-electron chi connectivity index (χ0n) is 9.20. The molecule has 1 unspecified atom stereocenters. The number of halogens is 1. The molecule has 0 radical (unpaired) electrons. The Morgan fingerprint density at radius 3 is 3.12 bits per heavy atom. The van der Waals surface area contributed by atoms with Gasteiger partial charge in [-0.15, -0.1) is 11.3 Å². The molecule has 1 saturated heterocycles. The van der Waals surface area contributed by atoms with E-state index < -0.39 is 0 Å². The van der Waals surface area contributed by atoms with Gasteiger partial charge in [0, 0.05) is 11.4 Å². The van der Waals surface area contributed by atoms with Crippen molar-refractivity contribution in [3.8, 4) is 0 Å². The van der Waals surface area contributed by atoms with Crippen LogP contribution in [-0.2, 0) is 11.3 Å². The molecule has 5 heteroatoms. The quantitative estimate of drug-likeness (QED) is 0.908. The zero-order valence-corrected chi connectivity index (χ0v) is 11.6. The molecular weight excluding hydrogens is 288 g/mol. The Kier molecular flexibility index (Phi) is 4.00. The first-order chi connectivity index (χ1) is 7.66. The van der Waals surface area contributed by atoms with Crippen LogP contribution < -0.4 is 5.32 Å². The molecule has 3 nitrogen and oxygen atoms in total. The summed E-state index contributed by atoms with van der Waals surface area (Å²) in [4.78, 5) is 15.2. The Labute approximate surface area is 108 Å². The van der Waals surface area contributed by atoms with E-state index in [1.54, 1.807) is 11.3 Å². The molecule has 1 atom stereocenters. The van der Waals surface area contributed by atoms with Crippen LogP contribution in [0.2, 0.25) is 0 Å². The molecule has 1 aliphatic rings. The van der Waals surface area contributed by atoms with Gasteiger partial charge < -0.3 is 10.2 Å². The topological polar surface area (TPSA) is 32.3 Å². The molecule has 16 heavy (non-hydrogen) atoms. The van der Waals surface area contributed by atoms with Gasteiger partial charge in [0.15, 0.2) is 0 Å². The Hall–Kier alpha value is -0.390. The van der Waals surface area contributed by atoms with Crippen LogP contribution in [0.3, 0.4) is 0 Å². The molecule has 0 saturated carbocycles. The van der Waals surface area contributed by atoms with Crippen LogP contribution in [-0.4, -0.2) is 29.9 Å². The molecule has 1 N–H and O–H groups in total. The molecule has 0 spiro atoms. The molecule has 0 bridgehead atoms. The fraction of sp³-hybridized carbons (Fsp3) is 0.545. The summed E-state index contributed by atoms with van der Waals surface area (Å²) in [5, 5.41) is 3.22. The number of carbonyl (C=O) groups is 1. The van der Waals surface area contributed by atoms with Crippen molar-refractivity contribution in [2.75, 3.05) is 13.1 Å². The summed E-state index contributed by atoms with van der Waals surface area (Å²) >= 11 is 5.14. The molecule has 1 aromatic rings. The summed E-state index contributed by atoms with van der Waals surface area (Å²) in [5.74, 6) is 0.210. The maximum absolute atomic E-state index is 12.0. The predicted molar refractivity (Wildman–Crippen MR) is 69.5 cm³/mol. The van der Waals surface area contributed by atoms with Crippen molar-refractivity contribution in [2.45, 2.75) is 25.9 Å². The predicted octanol–water partition coefficient (Wildman–Crippen LogP) is 2.22. The van der Waals surface area contributed by atoms with Crippen molar-refractivity contribution in [3.05, 3.63) is 20.8 Å². The van der Waals surface area contributed by atoms with E-state index in [2.05, 4.69) is 27.3 Å². The van der Waals surface area contributed by atoms with Crippen LogP contribution in [0.5, 0.6) is 0 Å². The van der Waals surface area contributed by atoms with Crippen LogP contribution in [0.25, 0.3) is 0 Å². The van der Waals surface area contributed by atoms with E-state index in [-0.39, 0.29) is 11.9 Å². The van der Waals surface area contributed by atoms with Crippen molar-refractivity contribution >= 4 is 33.2 Å². The highest BCUT2D eigenvalue weighted by molar-refractivity contribution is 9.11. The smallest absolute Gasteiger partial charge is 0.239 e. The Balaban J connectivity index is 2.04. The second kappa shape index (κ2) is 5.29. The molecule has 0 aromatic carbocycles. The van der Waals surface area contributed by atoms with E-state index in [0.717, 1.165) is 29.8 Å². The highest BCUT2D eigenvalue weighted by atomic mass is 79.9. The van der Waals surface area contributed by atoms with Gasteiger partial charge in [0.05, 0.1) is 16.4 Å². The fourth-order valence-corrected chi connectivity index (χ4v) is 3.34. The summed E-state index contributed by atoms with van der Waals surface area (Å²) in [7, 11) is 0. The lowest BCUT2D eigenvalue weighted by atomic mass is 10.3. The van der Waals surface area contributed by atoms with Gasteiger partial charge in [0.2, 0.25) is 5.91 Å². The van der Waals surface area contributed by atoms with E-state index in [4.69, 9.17) is 0 Å². The lowest BCUT2D eigenvalue weighted by Crippen LogP contribution is -2.41. The Morgan fingerprint density at radius 2 is 2.44 bits per heavy atom. The fourth-order valence-electron chi connectivity index (χ4n) is 1.84. The Morgan fingerprint density at radius 1 is 1.62 bits per heavy atom. The third-order valence-electron chi connectivity index (χ3n) is 2.71. The lowest BCUT2D eigenvalue weighted by molar-refractivity contribution is -0.132. The molecular formula is C11H15BrN2OS. The number of nitrogens with one attached hydrogen (secondary N) is 1. The van der Waals surface area contributed by atoms with Gasteiger partial charge in [-0.1, -0.05) is 0 Å². The molecule has 88 valence electrons. The van der Waals surface area contributed by atoms with Crippen LogP contribution >= 0.6 is 27.3 Å². The van der Waals surface area contributed by atoms with Gasteiger partial charge in [-0.2, -0.15) is 0 Å². The van der Waals surface area contributed by atoms with Gasteiger partial charge in [-0.3, -0.25) is 4.79 Å². The number of carbonyl (C=O) groups excluding carboxylic acids is 1. The highest BCUT2D eigenvalue weighted by Crippen LogP contribution is 2.23. The van der Waals surface area contributed by atoms with Gasteiger partial charge in [-0.25, -0.2) is 0 Å². The minimum atomic E-state index is -0.0501. The maximum Gasteiger partial charge on any atom is 0.239 e. The number of hydrogen-bond acceptors (Lipinski definition) is 3. The van der Waals surface area contributed by atoms with E-state index in [1.807, 2.05) is 17.9 Å². The molecule has 1 aliphatic heterocycles. The van der Waals surface area contributed by atoms with E-state index >= 15 is 0 Å². The van der Waals surface area contributed by atoms with E-state index in [9.17, 15) is 4.79 Å². The second-order valence-corrected chi connectivity index (χ2v) is 6.54. The minimum Gasteiger partial charge on any atom is -0.336 e. The minimum absolute atomic E-state index is 0.0501. The molecule has 2 heterocycles. The molecule has 1 aromatic heterocycles. The van der Waals surface area contributed by atoms with Crippen LogP contribution in [0, 0.1) is 0 Å². The number of hydrogen-bond donors (Lipinski definition) is 1. The third kappa shape index (κ3) is 2.84. The van der Waals surface area contributed by atoms with Crippen LogP contribution in [0.1, 0.15) is 18.2 Å². The molecule has 1 fully saturated rings. The van der Waals surface area contributed by atoms with Crippen LogP contribution in [0.15, 0.2) is 15.9 Å². The molecule has 1 amide bonds. The van der Waals surface area contributed by atoms with Gasteiger partial charge in [0.1, 0.15) is 0 Å². The molecule has 2 rings (SSSR count). The van der Waals surface area contributed by atoms with Crippen molar-refractivity contribution in [3.63, 3.8) is 0 Å². The zero-order chi connectivity index (χ0) is 11.5. The number of thiophene rings is 1. The highest BCUT2D eigenvalue weighted by Gasteiger charge is 2.23. The van der Waals surface area contributed by atoms with Crippen molar-refractivity contribution in [1.82, 2.24) is 10.2 Å². The number of amides is 1. The van der Waals surface area contributed by atoms with Gasteiger partial charge in [0.25, 0.3) is 0 Å². The van der Waals surface area contributed by atoms with E-state index in [0.29, 0.717) is 0 Å². The standard InChI is InChI=1S/C11H15BrN2OS/c1-8-11(15)14(6-2-5-13-8)7-9-3-4-10(12)16-9/h3-4,8,13H,2,5-7H2,1H3. The summed E-state index contributed by atoms with van der Waals surface area (Å²) in [5.41, 5.74) is 0. The first-order valence-corrected chi connectivity index (χ1v) is 7.04. The first kappa shape index (κ1) is 12.1. The van der Waals surface area contributed by atoms with Gasteiger partial charge >= 0.3 is 0 Å². The normalized spacial score (nSPS) is 22.2. The summed E-state index contributed by atoms with van der Waals surface area (Å²) in [6.07, 6.45) is 1.03. The molecule has 0 aliphatic carbocycles. The third-order valence-corrected chi connectivity index (χ3v) is 4.32. The van der Waals surface area contributed by atoms with Gasteiger partial charge in [-0.05, 0) is 48.0 Å². The number of nitrogens with zero attached hydrogens (tertiary/aromatic N) is 1. The SMILES string of the molecule is CC1NCCCN(Cc2ccc(Br)s2)C1=O. The Bertz CT molecular complexity index is 380. The van der Waals surface area contributed by atoms with Crippen molar-refractivity contribution in [1.29, 1.82) is 0 Å². The van der Waals surface area contributed by atoms with Crippen molar-refractivity contribution in [2.24, 2.45) is 0 Å². The lowest BCUT2D eigenvalue weighted by Gasteiger charge is -2.21. The largest absolute Gasteiger partial charge is 0.336 e. The van der Waals surface area contributed by atoms with E-state index in [1.165, 1.54) is 4.88 Å². The summed E-state index contributed by atoms with van der Waals surface area (Å²) in [6, 6.07) is 4.06. The van der Waals surface area contributed by atoms with Crippen molar-refractivity contribution < 1.29 is 4.79 Å². The average Bonchev–Trinajstić information content (AvgIpc) is 2.60. The summed E-state index contributed by atoms with van der Waals surface area (Å²) < 4.78 is 1.12. The van der Waals surface area contributed by atoms with Crippen LogP contribution in [0.4, 0.5) is 0 Å².